The van der Waals surface area contributed by atoms with E-state index in [0.717, 1.165) is 5.56 Å². The molecule has 0 saturated carbocycles. The normalized spacial score (nSPS) is 12.9. The van der Waals surface area contributed by atoms with Crippen LogP contribution in [0.25, 0.3) is 0 Å². The van der Waals surface area contributed by atoms with Gasteiger partial charge in [0.05, 0.1) is 25.3 Å². The number of anilines is 2. The molecule has 1 aromatic carbocycles. The van der Waals surface area contributed by atoms with Gasteiger partial charge in [-0.25, -0.2) is 9.59 Å². The molecule has 0 saturated heterocycles. The van der Waals surface area contributed by atoms with Crippen LogP contribution in [0.5, 0.6) is 0 Å². The molecular formula is C15H24N4O4. The van der Waals surface area contributed by atoms with Crippen LogP contribution in [-0.2, 0) is 0 Å². The van der Waals surface area contributed by atoms with Gasteiger partial charge in [0.1, 0.15) is 0 Å². The van der Waals surface area contributed by atoms with E-state index in [2.05, 4.69) is 21.3 Å². The maximum atomic E-state index is 11.8. The average molecular weight is 324 g/mol. The summed E-state index contributed by atoms with van der Waals surface area (Å²) in [5.41, 5.74) is 1.87. The van der Waals surface area contributed by atoms with Gasteiger partial charge >= 0.3 is 12.1 Å². The number of rotatable bonds is 6. The van der Waals surface area contributed by atoms with Gasteiger partial charge in [-0.1, -0.05) is 6.07 Å². The summed E-state index contributed by atoms with van der Waals surface area (Å²) in [7, 11) is 0. The van der Waals surface area contributed by atoms with Crippen LogP contribution in [0.4, 0.5) is 21.0 Å². The lowest BCUT2D eigenvalue weighted by Gasteiger charge is -2.15. The van der Waals surface area contributed by atoms with Gasteiger partial charge < -0.3 is 31.5 Å². The van der Waals surface area contributed by atoms with E-state index in [0.29, 0.717) is 11.4 Å². The number of amides is 4. The molecule has 0 fully saturated rings. The molecule has 0 radical (unpaired) electrons. The van der Waals surface area contributed by atoms with Crippen molar-refractivity contribution in [2.45, 2.75) is 32.9 Å². The Morgan fingerprint density at radius 1 is 1.00 bits per heavy atom. The molecule has 4 amide bonds. The van der Waals surface area contributed by atoms with Crippen LogP contribution in [-0.4, -0.2) is 47.6 Å². The second-order valence-corrected chi connectivity index (χ2v) is 5.39. The van der Waals surface area contributed by atoms with Crippen molar-refractivity contribution in [2.75, 3.05) is 23.8 Å². The molecule has 8 heteroatoms. The first-order valence-electron chi connectivity index (χ1n) is 7.33. The van der Waals surface area contributed by atoms with Gasteiger partial charge in [0.25, 0.3) is 0 Å². The molecule has 128 valence electrons. The van der Waals surface area contributed by atoms with Crippen LogP contribution >= 0.6 is 0 Å². The molecule has 0 aromatic heterocycles. The monoisotopic (exact) mass is 324 g/mol. The fourth-order valence-electron chi connectivity index (χ4n) is 1.70. The molecule has 8 nitrogen and oxygen atoms in total. The molecule has 0 heterocycles. The summed E-state index contributed by atoms with van der Waals surface area (Å²) in [6.45, 7) is 4.86. The summed E-state index contributed by atoms with van der Waals surface area (Å²) in [6.07, 6.45) is 0. The maximum Gasteiger partial charge on any atom is 0.319 e. The molecule has 0 aliphatic heterocycles. The van der Waals surface area contributed by atoms with E-state index in [1.165, 1.54) is 0 Å². The summed E-state index contributed by atoms with van der Waals surface area (Å²) < 4.78 is 0. The Morgan fingerprint density at radius 2 is 1.52 bits per heavy atom. The number of carbonyl (C=O) groups excluding carboxylic acids is 2. The SMILES string of the molecule is Cc1ccc(NC(=O)N[C@@H](C)CO)cc1NC(=O)N[C@H](C)CO. The second kappa shape index (κ2) is 8.96. The number of nitrogens with one attached hydrogen (secondary N) is 4. The Bertz CT molecular complexity index is 550. The summed E-state index contributed by atoms with van der Waals surface area (Å²) >= 11 is 0. The van der Waals surface area contributed by atoms with Crippen molar-refractivity contribution >= 4 is 23.4 Å². The predicted molar refractivity (Wildman–Crippen MR) is 88.6 cm³/mol. The molecule has 0 aliphatic carbocycles. The van der Waals surface area contributed by atoms with E-state index in [9.17, 15) is 9.59 Å². The van der Waals surface area contributed by atoms with Gasteiger partial charge in [-0.15, -0.1) is 0 Å². The summed E-state index contributed by atoms with van der Waals surface area (Å²) in [4.78, 5) is 23.5. The number of hydrogen-bond donors (Lipinski definition) is 6. The van der Waals surface area contributed by atoms with E-state index >= 15 is 0 Å². The molecule has 0 aliphatic rings. The molecule has 2 atom stereocenters. The highest BCUT2D eigenvalue weighted by Gasteiger charge is 2.10. The minimum absolute atomic E-state index is 0.155. The van der Waals surface area contributed by atoms with Crippen molar-refractivity contribution in [3.05, 3.63) is 23.8 Å². The van der Waals surface area contributed by atoms with Crippen LogP contribution in [0.15, 0.2) is 18.2 Å². The van der Waals surface area contributed by atoms with Gasteiger partial charge in [0.15, 0.2) is 0 Å². The van der Waals surface area contributed by atoms with Crippen molar-refractivity contribution in [2.24, 2.45) is 0 Å². The van der Waals surface area contributed by atoms with E-state index in [4.69, 9.17) is 10.2 Å². The number of aryl methyl sites for hydroxylation is 1. The predicted octanol–water partition coefficient (Wildman–Crippen LogP) is 1.000. The third-order valence-electron chi connectivity index (χ3n) is 3.05. The van der Waals surface area contributed by atoms with Crippen molar-refractivity contribution in [3.8, 4) is 0 Å². The first kappa shape index (κ1) is 18.7. The zero-order valence-electron chi connectivity index (χ0n) is 13.5. The van der Waals surface area contributed by atoms with Crippen molar-refractivity contribution < 1.29 is 19.8 Å². The standard InChI is InChI=1S/C15H24N4O4/c1-9-4-5-12(18-14(22)16-10(2)7-20)6-13(9)19-15(23)17-11(3)8-21/h4-6,10-11,20-21H,7-8H2,1-3H3,(H2,16,18,22)(H2,17,19,23)/t10-,11+/m0/s1. The lowest BCUT2D eigenvalue weighted by atomic mass is 10.2. The maximum absolute atomic E-state index is 11.8. The lowest BCUT2D eigenvalue weighted by molar-refractivity contribution is 0.229. The van der Waals surface area contributed by atoms with Crippen LogP contribution < -0.4 is 21.3 Å². The van der Waals surface area contributed by atoms with Crippen LogP contribution in [0.3, 0.4) is 0 Å². The topological polar surface area (TPSA) is 123 Å². The zero-order chi connectivity index (χ0) is 17.4. The summed E-state index contributed by atoms with van der Waals surface area (Å²) in [6, 6.07) is 3.49. The number of aliphatic hydroxyl groups is 2. The first-order valence-corrected chi connectivity index (χ1v) is 7.33. The Hall–Kier alpha value is -2.32. The van der Waals surface area contributed by atoms with E-state index in [1.54, 1.807) is 32.0 Å². The van der Waals surface area contributed by atoms with Crippen molar-refractivity contribution in [1.82, 2.24) is 10.6 Å². The van der Waals surface area contributed by atoms with E-state index in [-0.39, 0.29) is 25.3 Å². The highest BCUT2D eigenvalue weighted by atomic mass is 16.3. The third kappa shape index (κ3) is 6.54. The number of hydrogen-bond acceptors (Lipinski definition) is 4. The van der Waals surface area contributed by atoms with Crippen molar-refractivity contribution in [3.63, 3.8) is 0 Å². The molecular weight excluding hydrogens is 300 g/mol. The fraction of sp³-hybridized carbons (Fsp3) is 0.467. The smallest absolute Gasteiger partial charge is 0.319 e. The van der Waals surface area contributed by atoms with Gasteiger partial charge in [-0.2, -0.15) is 0 Å². The molecule has 0 bridgehead atoms. The lowest BCUT2D eigenvalue weighted by Crippen LogP contribution is -2.38. The average Bonchev–Trinajstić information content (AvgIpc) is 2.50. The highest BCUT2D eigenvalue weighted by molar-refractivity contribution is 5.93. The Balaban J connectivity index is 2.71. The van der Waals surface area contributed by atoms with Crippen molar-refractivity contribution in [1.29, 1.82) is 0 Å². The number of aliphatic hydroxyl groups excluding tert-OH is 2. The van der Waals surface area contributed by atoms with Crippen LogP contribution in [0, 0.1) is 6.92 Å². The molecule has 6 N–H and O–H groups in total. The Labute approximate surface area is 135 Å². The molecule has 0 unspecified atom stereocenters. The van der Waals surface area contributed by atoms with Crippen LogP contribution in [0.1, 0.15) is 19.4 Å². The minimum atomic E-state index is -0.445. The quantitative estimate of drug-likeness (QED) is 0.467. The Morgan fingerprint density at radius 3 is 2.04 bits per heavy atom. The number of carbonyl (C=O) groups is 2. The molecule has 23 heavy (non-hydrogen) atoms. The largest absolute Gasteiger partial charge is 0.394 e. The fourth-order valence-corrected chi connectivity index (χ4v) is 1.70. The van der Waals surface area contributed by atoms with Gasteiger partial charge in [-0.05, 0) is 38.5 Å². The van der Waals surface area contributed by atoms with Gasteiger partial charge in [0, 0.05) is 11.4 Å². The summed E-state index contributed by atoms with van der Waals surface area (Å²) in [5, 5.41) is 28.3. The molecule has 1 rings (SSSR count). The molecule has 1 aromatic rings. The summed E-state index contributed by atoms with van der Waals surface area (Å²) in [5.74, 6) is 0. The first-order chi connectivity index (χ1) is 10.8. The number of benzene rings is 1. The minimum Gasteiger partial charge on any atom is -0.394 e. The van der Waals surface area contributed by atoms with Crippen LogP contribution in [0.2, 0.25) is 0 Å². The Kier molecular flexibility index (Phi) is 7.30. The number of urea groups is 2. The second-order valence-electron chi connectivity index (χ2n) is 5.39. The van der Waals surface area contributed by atoms with Gasteiger partial charge in [-0.3, -0.25) is 0 Å². The zero-order valence-corrected chi connectivity index (χ0v) is 13.5. The third-order valence-corrected chi connectivity index (χ3v) is 3.05. The molecule has 0 spiro atoms. The van der Waals surface area contributed by atoms with E-state index < -0.39 is 12.1 Å². The van der Waals surface area contributed by atoms with Gasteiger partial charge in [0.2, 0.25) is 0 Å². The highest BCUT2D eigenvalue weighted by Crippen LogP contribution is 2.20. The van der Waals surface area contributed by atoms with E-state index in [1.807, 2.05) is 6.92 Å².